The van der Waals surface area contributed by atoms with Crippen LogP contribution in [-0.4, -0.2) is 26.5 Å². The summed E-state index contributed by atoms with van der Waals surface area (Å²) in [6.45, 7) is 3.68. The van der Waals surface area contributed by atoms with Crippen molar-refractivity contribution in [3.8, 4) is 0 Å². The van der Waals surface area contributed by atoms with Gasteiger partial charge in [-0.15, -0.1) is 0 Å². The van der Waals surface area contributed by atoms with Gasteiger partial charge in [0.1, 0.15) is 17.4 Å². The number of nitro benzene ring substituents is 1. The van der Waals surface area contributed by atoms with E-state index in [1.165, 1.54) is 18.3 Å². The van der Waals surface area contributed by atoms with Gasteiger partial charge in [-0.1, -0.05) is 30.3 Å². The molecule has 1 aliphatic heterocycles. The Labute approximate surface area is 218 Å². The zero-order valence-corrected chi connectivity index (χ0v) is 20.6. The standard InChI is InChI=1S/C28H24N6O4/c1-17-7-6-10-21(15-17)32-27(35)23-16-29-33-25(19-11-13-22(14-12-19)34(37)38)24(18(2)30-26(23)33)28(36)31-20-8-4-3-5-9-20/h3-16,25,30H,1-2H3,(H,31,36)(H,32,35). The second kappa shape index (κ2) is 10.0. The molecule has 0 radical (unpaired) electrons. The van der Waals surface area contributed by atoms with Gasteiger partial charge in [0, 0.05) is 29.2 Å². The third kappa shape index (κ3) is 4.74. The summed E-state index contributed by atoms with van der Waals surface area (Å²) in [5, 5.41) is 24.7. The molecule has 0 spiro atoms. The number of non-ortho nitro benzene ring substituents is 1. The molecule has 2 amide bonds. The number of carbonyl (C=O) groups is 2. The number of nitrogens with one attached hydrogen (secondary N) is 3. The number of para-hydroxylation sites is 1. The first-order valence-corrected chi connectivity index (χ1v) is 11.9. The van der Waals surface area contributed by atoms with Gasteiger partial charge in [-0.2, -0.15) is 5.10 Å². The summed E-state index contributed by atoms with van der Waals surface area (Å²) < 4.78 is 1.55. The maximum atomic E-state index is 13.5. The molecule has 3 aromatic carbocycles. The van der Waals surface area contributed by atoms with E-state index in [9.17, 15) is 19.7 Å². The average Bonchev–Trinajstić information content (AvgIpc) is 3.32. The molecule has 4 aromatic rings. The fraction of sp³-hybridized carbons (Fsp3) is 0.107. The summed E-state index contributed by atoms with van der Waals surface area (Å²) in [6.07, 6.45) is 1.44. The minimum absolute atomic E-state index is 0.0717. The molecule has 0 saturated heterocycles. The van der Waals surface area contributed by atoms with Gasteiger partial charge in [0.15, 0.2) is 0 Å². The summed E-state index contributed by atoms with van der Waals surface area (Å²) in [5.41, 5.74) is 3.98. The number of hydrogen-bond donors (Lipinski definition) is 3. The Balaban J connectivity index is 1.55. The molecule has 10 nitrogen and oxygen atoms in total. The van der Waals surface area contributed by atoms with Crippen molar-refractivity contribution >= 4 is 34.7 Å². The number of rotatable bonds is 6. The lowest BCUT2D eigenvalue weighted by molar-refractivity contribution is -0.384. The molecule has 0 aliphatic carbocycles. The topological polar surface area (TPSA) is 131 Å². The average molecular weight is 509 g/mol. The molecule has 0 bridgehead atoms. The summed E-state index contributed by atoms with van der Waals surface area (Å²) in [7, 11) is 0. The van der Waals surface area contributed by atoms with Gasteiger partial charge in [-0.3, -0.25) is 19.7 Å². The van der Waals surface area contributed by atoms with Crippen molar-refractivity contribution in [1.29, 1.82) is 0 Å². The van der Waals surface area contributed by atoms with Crippen LogP contribution in [0.1, 0.15) is 34.5 Å². The predicted octanol–water partition coefficient (Wildman–Crippen LogP) is 5.28. The Morgan fingerprint density at radius 3 is 2.29 bits per heavy atom. The third-order valence-electron chi connectivity index (χ3n) is 6.24. The van der Waals surface area contributed by atoms with Crippen molar-refractivity contribution in [3.05, 3.63) is 123 Å². The van der Waals surface area contributed by atoms with E-state index in [0.29, 0.717) is 39.6 Å². The number of allylic oxidation sites excluding steroid dienone is 1. The summed E-state index contributed by atoms with van der Waals surface area (Å²) in [6, 6.07) is 21.7. The monoisotopic (exact) mass is 508 g/mol. The van der Waals surface area contributed by atoms with E-state index in [0.717, 1.165) is 5.56 Å². The van der Waals surface area contributed by atoms with E-state index in [1.54, 1.807) is 41.9 Å². The molecule has 1 aromatic heterocycles. The highest BCUT2D eigenvalue weighted by molar-refractivity contribution is 6.09. The molecule has 5 rings (SSSR count). The SMILES string of the molecule is CC1=C(C(=O)Nc2ccccc2)C(c2ccc([N+](=O)[O-])cc2)n2ncc(C(=O)Nc3cccc(C)c3)c2N1. The third-order valence-corrected chi connectivity index (χ3v) is 6.24. The van der Waals surface area contributed by atoms with Crippen LogP contribution < -0.4 is 16.0 Å². The van der Waals surface area contributed by atoms with Crippen LogP contribution in [-0.2, 0) is 4.79 Å². The second-order valence-electron chi connectivity index (χ2n) is 8.91. The Morgan fingerprint density at radius 2 is 1.61 bits per heavy atom. The van der Waals surface area contributed by atoms with E-state index >= 15 is 0 Å². The van der Waals surface area contributed by atoms with Gasteiger partial charge in [-0.25, -0.2) is 4.68 Å². The number of aromatic nitrogens is 2. The molecule has 1 unspecified atom stereocenters. The van der Waals surface area contributed by atoms with Crippen molar-refractivity contribution in [1.82, 2.24) is 9.78 Å². The number of amides is 2. The van der Waals surface area contributed by atoms with Gasteiger partial charge in [0.2, 0.25) is 0 Å². The fourth-order valence-corrected chi connectivity index (χ4v) is 4.44. The highest BCUT2D eigenvalue weighted by Crippen LogP contribution is 2.38. The molecule has 10 heteroatoms. The zero-order chi connectivity index (χ0) is 26.8. The van der Waals surface area contributed by atoms with Gasteiger partial charge in [0.05, 0.1) is 16.7 Å². The van der Waals surface area contributed by atoms with Gasteiger partial charge in [-0.05, 0) is 61.4 Å². The Kier molecular flexibility index (Phi) is 6.44. The van der Waals surface area contributed by atoms with E-state index in [4.69, 9.17) is 0 Å². The first kappa shape index (κ1) is 24.4. The van der Waals surface area contributed by atoms with Crippen molar-refractivity contribution in [2.45, 2.75) is 19.9 Å². The number of fused-ring (bicyclic) bond motifs is 1. The molecule has 1 atom stereocenters. The van der Waals surface area contributed by atoms with Crippen molar-refractivity contribution < 1.29 is 14.5 Å². The normalized spacial score (nSPS) is 14.3. The molecule has 38 heavy (non-hydrogen) atoms. The van der Waals surface area contributed by atoms with Gasteiger partial charge < -0.3 is 16.0 Å². The number of anilines is 3. The number of aryl methyl sites for hydroxylation is 1. The Morgan fingerprint density at radius 1 is 0.921 bits per heavy atom. The quantitative estimate of drug-likeness (QED) is 0.240. The van der Waals surface area contributed by atoms with Crippen LogP contribution in [0.2, 0.25) is 0 Å². The smallest absolute Gasteiger partial charge is 0.269 e. The lowest BCUT2D eigenvalue weighted by Crippen LogP contribution is -2.32. The maximum Gasteiger partial charge on any atom is 0.269 e. The number of nitro groups is 1. The highest BCUT2D eigenvalue weighted by atomic mass is 16.6. The Bertz CT molecular complexity index is 1570. The molecular weight excluding hydrogens is 484 g/mol. The summed E-state index contributed by atoms with van der Waals surface area (Å²) in [5.74, 6) is -0.319. The first-order chi connectivity index (χ1) is 18.3. The van der Waals surface area contributed by atoms with Crippen molar-refractivity contribution in [2.24, 2.45) is 0 Å². The number of nitrogens with zero attached hydrogens (tertiary/aromatic N) is 3. The van der Waals surface area contributed by atoms with Crippen LogP contribution in [0.5, 0.6) is 0 Å². The molecule has 0 saturated carbocycles. The predicted molar refractivity (Wildman–Crippen MR) is 144 cm³/mol. The van der Waals surface area contributed by atoms with E-state index in [1.807, 2.05) is 43.3 Å². The molecule has 1 aliphatic rings. The number of hydrogen-bond acceptors (Lipinski definition) is 6. The second-order valence-corrected chi connectivity index (χ2v) is 8.91. The lowest BCUT2D eigenvalue weighted by Gasteiger charge is -2.30. The van der Waals surface area contributed by atoms with Gasteiger partial charge >= 0.3 is 0 Å². The zero-order valence-electron chi connectivity index (χ0n) is 20.6. The fourth-order valence-electron chi connectivity index (χ4n) is 4.44. The van der Waals surface area contributed by atoms with Crippen LogP contribution in [0.3, 0.4) is 0 Å². The van der Waals surface area contributed by atoms with Crippen LogP contribution in [0.25, 0.3) is 0 Å². The molecule has 0 fully saturated rings. The minimum Gasteiger partial charge on any atom is -0.343 e. The van der Waals surface area contributed by atoms with E-state index in [-0.39, 0.29) is 17.5 Å². The summed E-state index contributed by atoms with van der Waals surface area (Å²) >= 11 is 0. The molecule has 3 N–H and O–H groups in total. The van der Waals surface area contributed by atoms with Crippen LogP contribution in [0.15, 0.2) is 96.3 Å². The number of carbonyl (C=O) groups excluding carboxylic acids is 2. The Hall–Kier alpha value is -5.25. The minimum atomic E-state index is -0.740. The number of benzene rings is 3. The van der Waals surface area contributed by atoms with E-state index < -0.39 is 11.0 Å². The van der Waals surface area contributed by atoms with Crippen molar-refractivity contribution in [3.63, 3.8) is 0 Å². The van der Waals surface area contributed by atoms with Gasteiger partial charge in [0.25, 0.3) is 17.5 Å². The highest BCUT2D eigenvalue weighted by Gasteiger charge is 2.35. The van der Waals surface area contributed by atoms with Crippen molar-refractivity contribution in [2.75, 3.05) is 16.0 Å². The first-order valence-electron chi connectivity index (χ1n) is 11.9. The largest absolute Gasteiger partial charge is 0.343 e. The molecule has 190 valence electrons. The lowest BCUT2D eigenvalue weighted by atomic mass is 9.94. The molecule has 2 heterocycles. The van der Waals surface area contributed by atoms with Crippen LogP contribution in [0.4, 0.5) is 22.9 Å². The van der Waals surface area contributed by atoms with Crippen LogP contribution in [0, 0.1) is 17.0 Å². The maximum absolute atomic E-state index is 13.5. The molecular formula is C28H24N6O4. The van der Waals surface area contributed by atoms with Crippen LogP contribution >= 0.6 is 0 Å². The van der Waals surface area contributed by atoms with E-state index in [2.05, 4.69) is 21.0 Å². The summed E-state index contributed by atoms with van der Waals surface area (Å²) in [4.78, 5) is 37.5.